The number of methoxy groups -OCH3 is 1. The largest absolute Gasteiger partial charge is 0.493 e. The molecule has 0 aliphatic heterocycles. The van der Waals surface area contributed by atoms with Crippen LogP contribution in [0.1, 0.15) is 12.5 Å². The first-order valence-electron chi connectivity index (χ1n) is 8.85. The molecule has 9 nitrogen and oxygen atoms in total. The third-order valence-corrected chi connectivity index (χ3v) is 4.40. The number of amides is 1. The second-order valence-corrected chi connectivity index (χ2v) is 6.35. The molecule has 9 heteroatoms. The van der Waals surface area contributed by atoms with Crippen LogP contribution < -0.4 is 15.0 Å². The number of carbonyl (C=O) groups excluding carboxylic acids is 1. The van der Waals surface area contributed by atoms with E-state index in [0.717, 1.165) is 5.56 Å². The molecule has 0 radical (unpaired) electrons. The molecule has 3 rings (SSSR count). The van der Waals surface area contributed by atoms with Gasteiger partial charge in [0.05, 0.1) is 19.9 Å². The maximum atomic E-state index is 12.6. The first-order chi connectivity index (χ1) is 13.4. The van der Waals surface area contributed by atoms with Gasteiger partial charge in [-0.1, -0.05) is 6.07 Å². The standard InChI is InChI=1S/C19H23N5O4/c1-5-28-15-7-6-13(8-16(15)27-4)10-22(2)17(25)11-24-12-20-18-14(19(24)26)9-21-23(18)3/h6-9,12H,5,10-11H2,1-4H3. The fourth-order valence-corrected chi connectivity index (χ4v) is 2.89. The van der Waals surface area contributed by atoms with E-state index in [2.05, 4.69) is 10.1 Å². The number of hydrogen-bond acceptors (Lipinski definition) is 6. The molecule has 0 N–H and O–H groups in total. The van der Waals surface area contributed by atoms with Gasteiger partial charge in [-0.2, -0.15) is 5.10 Å². The Morgan fingerprint density at radius 2 is 2.07 bits per heavy atom. The number of aromatic nitrogens is 4. The minimum absolute atomic E-state index is 0.0959. The lowest BCUT2D eigenvalue weighted by Gasteiger charge is -2.19. The minimum atomic E-state index is -0.289. The van der Waals surface area contributed by atoms with Gasteiger partial charge in [0.15, 0.2) is 17.1 Å². The molecule has 1 aromatic carbocycles. The van der Waals surface area contributed by atoms with Crippen LogP contribution in [-0.2, 0) is 24.9 Å². The van der Waals surface area contributed by atoms with Crippen molar-refractivity contribution in [2.24, 2.45) is 7.05 Å². The highest BCUT2D eigenvalue weighted by Gasteiger charge is 2.15. The van der Waals surface area contributed by atoms with Gasteiger partial charge in [0.25, 0.3) is 5.56 Å². The zero-order valence-electron chi connectivity index (χ0n) is 16.4. The lowest BCUT2D eigenvalue weighted by molar-refractivity contribution is -0.131. The average Bonchev–Trinajstić information content (AvgIpc) is 3.06. The van der Waals surface area contributed by atoms with Crippen LogP contribution in [0.25, 0.3) is 11.0 Å². The minimum Gasteiger partial charge on any atom is -0.493 e. The van der Waals surface area contributed by atoms with Crippen molar-refractivity contribution in [1.82, 2.24) is 24.2 Å². The van der Waals surface area contributed by atoms with Gasteiger partial charge >= 0.3 is 0 Å². The third kappa shape index (κ3) is 3.83. The van der Waals surface area contributed by atoms with E-state index in [1.54, 1.807) is 26.1 Å². The molecule has 0 fully saturated rings. The predicted octanol–water partition coefficient (Wildman–Crippen LogP) is 1.20. The van der Waals surface area contributed by atoms with E-state index in [0.29, 0.717) is 35.7 Å². The van der Waals surface area contributed by atoms with Crippen molar-refractivity contribution in [3.8, 4) is 11.5 Å². The molecule has 3 aromatic rings. The summed E-state index contributed by atoms with van der Waals surface area (Å²) in [7, 11) is 4.97. The second-order valence-electron chi connectivity index (χ2n) is 6.35. The molecular formula is C19H23N5O4. The lowest BCUT2D eigenvalue weighted by Crippen LogP contribution is -2.33. The average molecular weight is 385 g/mol. The smallest absolute Gasteiger partial charge is 0.264 e. The molecular weight excluding hydrogens is 362 g/mol. The molecule has 148 valence electrons. The summed E-state index contributed by atoms with van der Waals surface area (Å²) in [5, 5.41) is 4.41. The zero-order valence-corrected chi connectivity index (χ0v) is 16.4. The quantitative estimate of drug-likeness (QED) is 0.607. The monoisotopic (exact) mass is 385 g/mol. The number of aryl methyl sites for hydroxylation is 1. The van der Waals surface area contributed by atoms with Crippen molar-refractivity contribution >= 4 is 16.9 Å². The maximum absolute atomic E-state index is 12.6. The lowest BCUT2D eigenvalue weighted by atomic mass is 10.2. The highest BCUT2D eigenvalue weighted by atomic mass is 16.5. The molecule has 0 atom stereocenters. The third-order valence-electron chi connectivity index (χ3n) is 4.40. The Labute approximate surface area is 162 Å². The van der Waals surface area contributed by atoms with Gasteiger partial charge in [-0.05, 0) is 24.6 Å². The molecule has 28 heavy (non-hydrogen) atoms. The zero-order chi connectivity index (χ0) is 20.3. The van der Waals surface area contributed by atoms with Crippen LogP contribution >= 0.6 is 0 Å². The SMILES string of the molecule is CCOc1ccc(CN(C)C(=O)Cn2cnc3c(cnn3C)c2=O)cc1OC. The summed E-state index contributed by atoms with van der Waals surface area (Å²) in [5.74, 6) is 1.06. The van der Waals surface area contributed by atoms with Crippen LogP contribution in [0, 0.1) is 0 Å². The van der Waals surface area contributed by atoms with E-state index in [1.807, 2.05) is 25.1 Å². The summed E-state index contributed by atoms with van der Waals surface area (Å²) in [6.45, 7) is 2.72. The maximum Gasteiger partial charge on any atom is 0.264 e. The van der Waals surface area contributed by atoms with Crippen LogP contribution in [0.4, 0.5) is 0 Å². The van der Waals surface area contributed by atoms with Crippen molar-refractivity contribution in [3.63, 3.8) is 0 Å². The molecule has 0 bridgehead atoms. The van der Waals surface area contributed by atoms with Crippen molar-refractivity contribution in [3.05, 3.63) is 46.6 Å². The summed E-state index contributed by atoms with van der Waals surface area (Å²) in [6.07, 6.45) is 2.83. The van der Waals surface area contributed by atoms with E-state index < -0.39 is 0 Å². The number of hydrogen-bond donors (Lipinski definition) is 0. The van der Waals surface area contributed by atoms with Gasteiger partial charge in [-0.25, -0.2) is 4.98 Å². The molecule has 0 spiro atoms. The molecule has 1 amide bonds. The number of benzene rings is 1. The summed E-state index contributed by atoms with van der Waals surface area (Å²) < 4.78 is 13.7. The molecule has 0 unspecified atom stereocenters. The molecule has 0 saturated heterocycles. The molecule has 0 aliphatic rings. The second kappa shape index (κ2) is 8.12. The van der Waals surface area contributed by atoms with Crippen LogP contribution in [0.15, 0.2) is 35.5 Å². The topological polar surface area (TPSA) is 91.5 Å². The number of ether oxygens (including phenoxy) is 2. The Balaban J connectivity index is 1.73. The van der Waals surface area contributed by atoms with Crippen molar-refractivity contribution in [2.75, 3.05) is 20.8 Å². The van der Waals surface area contributed by atoms with Crippen molar-refractivity contribution < 1.29 is 14.3 Å². The van der Waals surface area contributed by atoms with E-state index in [9.17, 15) is 9.59 Å². The Morgan fingerprint density at radius 3 is 2.79 bits per heavy atom. The highest BCUT2D eigenvalue weighted by molar-refractivity contribution is 5.77. The van der Waals surface area contributed by atoms with Crippen molar-refractivity contribution in [1.29, 1.82) is 0 Å². The highest BCUT2D eigenvalue weighted by Crippen LogP contribution is 2.28. The molecule has 0 aliphatic carbocycles. The Morgan fingerprint density at radius 1 is 1.29 bits per heavy atom. The Kier molecular flexibility index (Phi) is 5.62. The van der Waals surface area contributed by atoms with E-state index in [-0.39, 0.29) is 18.0 Å². The van der Waals surface area contributed by atoms with Gasteiger partial charge in [-0.15, -0.1) is 0 Å². The van der Waals surface area contributed by atoms with Crippen LogP contribution in [-0.4, -0.2) is 50.9 Å². The summed E-state index contributed by atoms with van der Waals surface area (Å²) in [6, 6.07) is 5.54. The summed E-state index contributed by atoms with van der Waals surface area (Å²) in [5.41, 5.74) is 1.09. The fraction of sp³-hybridized carbons (Fsp3) is 0.368. The number of likely N-dealkylation sites (N-methyl/N-ethyl adjacent to an activating group) is 1. The van der Waals surface area contributed by atoms with E-state index in [4.69, 9.17) is 9.47 Å². The molecule has 2 aromatic heterocycles. The van der Waals surface area contributed by atoms with Crippen LogP contribution in [0.3, 0.4) is 0 Å². The predicted molar refractivity (Wildman–Crippen MR) is 103 cm³/mol. The van der Waals surface area contributed by atoms with Crippen molar-refractivity contribution in [2.45, 2.75) is 20.0 Å². The Hall–Kier alpha value is -3.36. The van der Waals surface area contributed by atoms with Crippen LogP contribution in [0.2, 0.25) is 0 Å². The number of nitrogens with zero attached hydrogens (tertiary/aromatic N) is 5. The first-order valence-corrected chi connectivity index (χ1v) is 8.85. The normalized spacial score (nSPS) is 10.9. The first kappa shape index (κ1) is 19.4. The van der Waals surface area contributed by atoms with Gasteiger partial charge in [0.1, 0.15) is 18.3 Å². The molecule has 0 saturated carbocycles. The fourth-order valence-electron chi connectivity index (χ4n) is 2.89. The number of fused-ring (bicyclic) bond motifs is 1. The van der Waals surface area contributed by atoms with E-state index >= 15 is 0 Å². The van der Waals surface area contributed by atoms with Gasteiger partial charge in [-0.3, -0.25) is 18.8 Å². The van der Waals surface area contributed by atoms with Gasteiger partial charge in [0.2, 0.25) is 5.91 Å². The molecule has 2 heterocycles. The van der Waals surface area contributed by atoms with Gasteiger partial charge < -0.3 is 14.4 Å². The van der Waals surface area contributed by atoms with Gasteiger partial charge in [0, 0.05) is 20.6 Å². The number of carbonyl (C=O) groups is 1. The number of rotatable bonds is 7. The summed E-state index contributed by atoms with van der Waals surface area (Å²) in [4.78, 5) is 30.9. The summed E-state index contributed by atoms with van der Waals surface area (Å²) >= 11 is 0. The Bertz CT molecular complexity index is 1060. The van der Waals surface area contributed by atoms with Crippen LogP contribution in [0.5, 0.6) is 11.5 Å². The van der Waals surface area contributed by atoms with E-state index in [1.165, 1.54) is 21.8 Å².